The lowest BCUT2D eigenvalue weighted by Gasteiger charge is -2.09. The quantitative estimate of drug-likeness (QED) is 0.165. The molecule has 9 heteroatoms. The maximum atomic E-state index is 14.2. The Hall–Kier alpha value is -3.88. The number of benzene rings is 3. The van der Waals surface area contributed by atoms with Crippen molar-refractivity contribution in [3.8, 4) is 16.9 Å². The second kappa shape index (κ2) is 14.3. The molecule has 0 saturated heterocycles. The molecule has 3 aromatic rings. The van der Waals surface area contributed by atoms with Crippen LogP contribution in [0.1, 0.15) is 60.0 Å². The Bertz CT molecular complexity index is 1230. The van der Waals surface area contributed by atoms with Crippen molar-refractivity contribution >= 4 is 11.9 Å². The Morgan fingerprint density at radius 3 is 2.05 bits per heavy atom. The van der Waals surface area contributed by atoms with Crippen molar-refractivity contribution in [3.05, 3.63) is 89.2 Å². The number of rotatable bonds is 14. The van der Waals surface area contributed by atoms with Crippen molar-refractivity contribution in [1.82, 2.24) is 5.32 Å². The fourth-order valence-electron chi connectivity index (χ4n) is 4.00. The zero-order valence-electron chi connectivity index (χ0n) is 21.4. The molecule has 0 aromatic heterocycles. The average molecular weight is 546 g/mol. The number of aliphatic carboxylic acids is 1. The van der Waals surface area contributed by atoms with Crippen LogP contribution in [0, 0.1) is 5.82 Å². The Balaban J connectivity index is 1.30. The topological polar surface area (TPSA) is 75.6 Å². The molecular formula is C30H31F4NO4. The minimum atomic E-state index is -4.34. The number of carboxylic acid groups (broad SMARTS) is 1. The number of carbonyl (C=O) groups is 2. The minimum absolute atomic E-state index is 0.0355. The number of carbonyl (C=O) groups excluding carboxylic acids is 1. The molecule has 0 spiro atoms. The highest BCUT2D eigenvalue weighted by Gasteiger charge is 2.29. The summed E-state index contributed by atoms with van der Waals surface area (Å²) in [4.78, 5) is 22.4. The standard InChI is InChI=1S/C30H31F4NO4/c31-26-20-24(29(38)35-18-17-28(36)37)13-16-27(26)39-19-5-3-1-2-4-6-21-7-9-22(10-8-21)23-11-14-25(15-12-23)30(32,33)34/h7-16,20H,1-6,17-19H2,(H,35,38)(H,36,37). The van der Waals surface area contributed by atoms with Crippen LogP contribution in [0.25, 0.3) is 11.1 Å². The van der Waals surface area contributed by atoms with Gasteiger partial charge in [-0.2, -0.15) is 13.2 Å². The molecule has 39 heavy (non-hydrogen) atoms. The number of amides is 1. The lowest BCUT2D eigenvalue weighted by Crippen LogP contribution is -2.26. The van der Waals surface area contributed by atoms with Crippen LogP contribution < -0.4 is 10.1 Å². The van der Waals surface area contributed by atoms with E-state index in [1.807, 2.05) is 24.3 Å². The highest BCUT2D eigenvalue weighted by Crippen LogP contribution is 2.31. The van der Waals surface area contributed by atoms with E-state index in [1.54, 1.807) is 0 Å². The molecule has 208 valence electrons. The monoisotopic (exact) mass is 545 g/mol. The van der Waals surface area contributed by atoms with Crippen molar-refractivity contribution < 1.29 is 37.0 Å². The fraction of sp³-hybridized carbons (Fsp3) is 0.333. The maximum absolute atomic E-state index is 14.2. The number of unbranched alkanes of at least 4 members (excludes halogenated alkanes) is 4. The molecular weight excluding hydrogens is 514 g/mol. The normalized spacial score (nSPS) is 11.3. The Kier molecular flexibility index (Phi) is 10.9. The molecule has 0 aliphatic rings. The highest BCUT2D eigenvalue weighted by molar-refractivity contribution is 5.94. The molecule has 0 aliphatic carbocycles. The Labute approximate surface area is 224 Å². The molecule has 0 fully saturated rings. The molecule has 0 aliphatic heterocycles. The molecule has 0 heterocycles. The zero-order valence-corrected chi connectivity index (χ0v) is 21.4. The van der Waals surface area contributed by atoms with Gasteiger partial charge in [-0.3, -0.25) is 9.59 Å². The first-order valence-corrected chi connectivity index (χ1v) is 12.8. The summed E-state index contributed by atoms with van der Waals surface area (Å²) in [5.41, 5.74) is 2.22. The van der Waals surface area contributed by atoms with Crippen molar-refractivity contribution in [2.24, 2.45) is 0 Å². The van der Waals surface area contributed by atoms with Gasteiger partial charge in [0, 0.05) is 12.1 Å². The number of carboxylic acids is 1. The number of alkyl halides is 3. The predicted molar refractivity (Wildman–Crippen MR) is 140 cm³/mol. The van der Waals surface area contributed by atoms with E-state index >= 15 is 0 Å². The fourth-order valence-corrected chi connectivity index (χ4v) is 4.00. The van der Waals surface area contributed by atoms with Crippen molar-refractivity contribution in [2.75, 3.05) is 13.2 Å². The molecule has 3 aromatic carbocycles. The largest absolute Gasteiger partial charge is 0.491 e. The van der Waals surface area contributed by atoms with Gasteiger partial charge in [-0.25, -0.2) is 4.39 Å². The van der Waals surface area contributed by atoms with Crippen LogP contribution in [0.3, 0.4) is 0 Å². The van der Waals surface area contributed by atoms with Crippen molar-refractivity contribution in [1.29, 1.82) is 0 Å². The van der Waals surface area contributed by atoms with Crippen molar-refractivity contribution in [3.63, 3.8) is 0 Å². The molecule has 1 amide bonds. The van der Waals surface area contributed by atoms with Crippen LogP contribution in [0.5, 0.6) is 5.75 Å². The number of hydrogen-bond donors (Lipinski definition) is 2. The summed E-state index contributed by atoms with van der Waals surface area (Å²) in [6.45, 7) is 0.318. The van der Waals surface area contributed by atoms with Gasteiger partial charge in [0.1, 0.15) is 0 Å². The van der Waals surface area contributed by atoms with Gasteiger partial charge >= 0.3 is 12.1 Å². The summed E-state index contributed by atoms with van der Waals surface area (Å²) in [7, 11) is 0. The number of hydrogen-bond acceptors (Lipinski definition) is 3. The minimum Gasteiger partial charge on any atom is -0.491 e. The highest BCUT2D eigenvalue weighted by atomic mass is 19.4. The van der Waals surface area contributed by atoms with E-state index in [0.717, 1.165) is 67.9 Å². The van der Waals surface area contributed by atoms with E-state index in [-0.39, 0.29) is 24.3 Å². The van der Waals surface area contributed by atoms with E-state index in [9.17, 15) is 27.2 Å². The smallest absolute Gasteiger partial charge is 0.416 e. The maximum Gasteiger partial charge on any atom is 0.416 e. The molecule has 5 nitrogen and oxygen atoms in total. The van der Waals surface area contributed by atoms with Crippen LogP contribution >= 0.6 is 0 Å². The summed E-state index contributed by atoms with van der Waals surface area (Å²) < 4.78 is 57.9. The first-order chi connectivity index (χ1) is 18.6. The third-order valence-electron chi connectivity index (χ3n) is 6.19. The number of halogens is 4. The van der Waals surface area contributed by atoms with Gasteiger partial charge in [-0.15, -0.1) is 0 Å². The number of nitrogens with one attached hydrogen (secondary N) is 1. The summed E-state index contributed by atoms with van der Waals surface area (Å²) in [6, 6.07) is 16.9. The van der Waals surface area contributed by atoms with Crippen molar-refractivity contribution in [2.45, 2.75) is 51.1 Å². The van der Waals surface area contributed by atoms with E-state index in [0.29, 0.717) is 6.61 Å². The van der Waals surface area contributed by atoms with Crippen LogP contribution in [-0.2, 0) is 17.4 Å². The predicted octanol–water partition coefficient (Wildman–Crippen LogP) is 7.29. The first-order valence-electron chi connectivity index (χ1n) is 12.8. The Morgan fingerprint density at radius 1 is 0.821 bits per heavy atom. The van der Waals surface area contributed by atoms with Gasteiger partial charge in [0.2, 0.25) is 0 Å². The van der Waals surface area contributed by atoms with Gasteiger partial charge in [0.25, 0.3) is 5.91 Å². The van der Waals surface area contributed by atoms with Gasteiger partial charge in [0.15, 0.2) is 11.6 Å². The molecule has 3 rings (SSSR count). The van der Waals surface area contributed by atoms with Gasteiger partial charge in [-0.05, 0) is 66.3 Å². The third kappa shape index (κ3) is 9.74. The zero-order chi connectivity index (χ0) is 28.3. The van der Waals surface area contributed by atoms with E-state index in [4.69, 9.17) is 9.84 Å². The van der Waals surface area contributed by atoms with Gasteiger partial charge < -0.3 is 15.2 Å². The summed E-state index contributed by atoms with van der Waals surface area (Å²) in [6.07, 6.45) is 1.09. The van der Waals surface area contributed by atoms with Gasteiger partial charge in [-0.1, -0.05) is 55.7 Å². The SMILES string of the molecule is O=C(O)CCNC(=O)c1ccc(OCCCCCCCc2ccc(-c3ccc(C(F)(F)F)cc3)cc2)c(F)c1. The van der Waals surface area contributed by atoms with E-state index < -0.39 is 29.4 Å². The van der Waals surface area contributed by atoms with Crippen LogP contribution in [0.15, 0.2) is 66.7 Å². The molecule has 0 atom stereocenters. The summed E-state index contributed by atoms with van der Waals surface area (Å²) in [5, 5.41) is 11.0. The number of aryl methyl sites for hydroxylation is 1. The number of ether oxygens (including phenoxy) is 1. The molecule has 2 N–H and O–H groups in total. The molecule has 0 unspecified atom stereocenters. The molecule has 0 bridgehead atoms. The van der Waals surface area contributed by atoms with Crippen LogP contribution in [0.2, 0.25) is 0 Å². The second-order valence-corrected chi connectivity index (χ2v) is 9.18. The van der Waals surface area contributed by atoms with Crippen LogP contribution in [0.4, 0.5) is 17.6 Å². The average Bonchev–Trinajstić information content (AvgIpc) is 2.90. The van der Waals surface area contributed by atoms with Gasteiger partial charge in [0.05, 0.1) is 18.6 Å². The summed E-state index contributed by atoms with van der Waals surface area (Å²) >= 11 is 0. The second-order valence-electron chi connectivity index (χ2n) is 9.18. The summed E-state index contributed by atoms with van der Waals surface area (Å²) in [5.74, 6) is -2.16. The van der Waals surface area contributed by atoms with E-state index in [1.165, 1.54) is 29.8 Å². The molecule has 0 saturated carbocycles. The lowest BCUT2D eigenvalue weighted by molar-refractivity contribution is -0.138. The van der Waals surface area contributed by atoms with E-state index in [2.05, 4.69) is 5.32 Å². The van der Waals surface area contributed by atoms with Crippen LogP contribution in [-0.4, -0.2) is 30.1 Å². The Morgan fingerprint density at radius 2 is 1.44 bits per heavy atom. The first kappa shape index (κ1) is 29.7. The lowest BCUT2D eigenvalue weighted by atomic mass is 10.00. The molecule has 0 radical (unpaired) electrons. The third-order valence-corrected chi connectivity index (χ3v) is 6.19.